The highest BCUT2D eigenvalue weighted by atomic mass is 35.5. The fourth-order valence-corrected chi connectivity index (χ4v) is 3.13. The van der Waals surface area contributed by atoms with E-state index in [-0.39, 0.29) is 5.91 Å². The molecule has 0 aliphatic carbocycles. The summed E-state index contributed by atoms with van der Waals surface area (Å²) in [6.07, 6.45) is 0. The summed E-state index contributed by atoms with van der Waals surface area (Å²) in [4.78, 5) is 25.2. The molecule has 3 rings (SSSR count). The summed E-state index contributed by atoms with van der Waals surface area (Å²) >= 11 is 5.97. The number of carbonyl (C=O) groups is 2. The Labute approximate surface area is 191 Å². The van der Waals surface area contributed by atoms with Gasteiger partial charge in [0.1, 0.15) is 11.5 Å². The molecule has 0 heterocycles. The van der Waals surface area contributed by atoms with Gasteiger partial charge in [-0.25, -0.2) is 4.79 Å². The smallest absolute Gasteiger partial charge is 0.323 e. The van der Waals surface area contributed by atoms with Crippen LogP contribution in [0.3, 0.4) is 0 Å². The maximum absolute atomic E-state index is 12.6. The van der Waals surface area contributed by atoms with Crippen LogP contribution in [0.25, 0.3) is 0 Å². The number of benzene rings is 3. The topological polar surface area (TPSA) is 88.7 Å². The molecule has 32 heavy (non-hydrogen) atoms. The SMILES string of the molecule is CCOc1cc(NC(=O)c2ccccc2)c(OCC)cc1NC(=O)Nc1cccc(Cl)c1. The molecule has 0 aliphatic heterocycles. The van der Waals surface area contributed by atoms with Gasteiger partial charge in [0, 0.05) is 28.4 Å². The fourth-order valence-electron chi connectivity index (χ4n) is 2.94. The van der Waals surface area contributed by atoms with E-state index in [0.717, 1.165) is 0 Å². The van der Waals surface area contributed by atoms with E-state index in [1.165, 1.54) is 0 Å². The van der Waals surface area contributed by atoms with Gasteiger partial charge in [0.05, 0.1) is 24.6 Å². The fraction of sp³-hybridized carbons (Fsp3) is 0.167. The molecule has 0 unspecified atom stereocenters. The van der Waals surface area contributed by atoms with E-state index in [2.05, 4.69) is 16.0 Å². The third kappa shape index (κ3) is 6.15. The number of urea groups is 1. The number of halogens is 1. The van der Waals surface area contributed by atoms with Crippen LogP contribution in [0, 0.1) is 0 Å². The molecule has 0 aromatic heterocycles. The van der Waals surface area contributed by atoms with Crippen LogP contribution in [0.1, 0.15) is 24.2 Å². The Morgan fingerprint density at radius 3 is 2.00 bits per heavy atom. The molecule has 8 heteroatoms. The quantitative estimate of drug-likeness (QED) is 0.388. The van der Waals surface area contributed by atoms with E-state index < -0.39 is 6.03 Å². The van der Waals surface area contributed by atoms with Crippen LogP contribution >= 0.6 is 11.6 Å². The normalized spacial score (nSPS) is 10.2. The lowest BCUT2D eigenvalue weighted by atomic mass is 10.2. The Bertz CT molecular complexity index is 1090. The van der Waals surface area contributed by atoms with Gasteiger partial charge in [-0.3, -0.25) is 4.79 Å². The minimum absolute atomic E-state index is 0.284. The molecule has 3 amide bonds. The van der Waals surface area contributed by atoms with Crippen LogP contribution in [0.4, 0.5) is 21.9 Å². The number of anilines is 3. The Hall–Kier alpha value is -3.71. The predicted octanol–water partition coefficient (Wildman–Crippen LogP) is 6.03. The second-order valence-corrected chi connectivity index (χ2v) is 7.06. The maximum atomic E-state index is 12.6. The van der Waals surface area contributed by atoms with Gasteiger partial charge in [-0.1, -0.05) is 35.9 Å². The number of hydrogen-bond donors (Lipinski definition) is 3. The number of rotatable bonds is 8. The average Bonchev–Trinajstić information content (AvgIpc) is 2.77. The highest BCUT2D eigenvalue weighted by Crippen LogP contribution is 2.37. The van der Waals surface area contributed by atoms with Gasteiger partial charge in [0.25, 0.3) is 5.91 Å². The average molecular weight is 454 g/mol. The van der Waals surface area contributed by atoms with Crippen molar-refractivity contribution in [3.63, 3.8) is 0 Å². The van der Waals surface area contributed by atoms with Gasteiger partial charge in [0.2, 0.25) is 0 Å². The lowest BCUT2D eigenvalue weighted by Crippen LogP contribution is -2.20. The summed E-state index contributed by atoms with van der Waals surface area (Å²) in [5, 5.41) is 8.84. The van der Waals surface area contributed by atoms with Gasteiger partial charge in [-0.2, -0.15) is 0 Å². The number of ether oxygens (including phenoxy) is 2. The highest BCUT2D eigenvalue weighted by Gasteiger charge is 2.17. The molecule has 0 atom stereocenters. The Morgan fingerprint density at radius 1 is 0.781 bits per heavy atom. The third-order valence-corrected chi connectivity index (χ3v) is 4.53. The van der Waals surface area contributed by atoms with Crippen LogP contribution in [-0.2, 0) is 0 Å². The van der Waals surface area contributed by atoms with Crippen molar-refractivity contribution >= 4 is 40.6 Å². The van der Waals surface area contributed by atoms with Gasteiger partial charge < -0.3 is 25.4 Å². The number of nitrogens with one attached hydrogen (secondary N) is 3. The monoisotopic (exact) mass is 453 g/mol. The van der Waals surface area contributed by atoms with E-state index in [1.54, 1.807) is 60.7 Å². The minimum atomic E-state index is -0.475. The van der Waals surface area contributed by atoms with Crippen molar-refractivity contribution in [1.82, 2.24) is 0 Å². The first kappa shape index (κ1) is 23.0. The second-order valence-electron chi connectivity index (χ2n) is 6.62. The predicted molar refractivity (Wildman–Crippen MR) is 127 cm³/mol. The summed E-state index contributed by atoms with van der Waals surface area (Å²) in [5.74, 6) is 0.507. The molecular weight excluding hydrogens is 430 g/mol. The van der Waals surface area contributed by atoms with Crippen molar-refractivity contribution in [1.29, 1.82) is 0 Å². The summed E-state index contributed by atoms with van der Waals surface area (Å²) in [5.41, 5.74) is 1.89. The van der Waals surface area contributed by atoms with Crippen molar-refractivity contribution in [2.45, 2.75) is 13.8 Å². The number of amides is 3. The molecule has 0 fully saturated rings. The van der Waals surface area contributed by atoms with E-state index in [0.29, 0.717) is 52.4 Å². The van der Waals surface area contributed by atoms with Crippen molar-refractivity contribution in [3.8, 4) is 11.5 Å². The van der Waals surface area contributed by atoms with Crippen LogP contribution < -0.4 is 25.4 Å². The van der Waals surface area contributed by atoms with Crippen LogP contribution in [-0.4, -0.2) is 25.2 Å². The van der Waals surface area contributed by atoms with Crippen molar-refractivity contribution < 1.29 is 19.1 Å². The molecule has 0 radical (unpaired) electrons. The summed E-state index contributed by atoms with van der Waals surface area (Å²) in [6, 6.07) is 18.4. The second kappa shape index (κ2) is 11.1. The van der Waals surface area contributed by atoms with E-state index in [9.17, 15) is 9.59 Å². The molecule has 0 saturated heterocycles. The zero-order valence-corrected chi connectivity index (χ0v) is 18.5. The largest absolute Gasteiger partial charge is 0.492 e. The molecular formula is C24H24ClN3O4. The summed E-state index contributed by atoms with van der Waals surface area (Å²) in [6.45, 7) is 4.40. The van der Waals surface area contributed by atoms with E-state index in [4.69, 9.17) is 21.1 Å². The third-order valence-electron chi connectivity index (χ3n) is 4.30. The van der Waals surface area contributed by atoms with Crippen molar-refractivity contribution in [3.05, 3.63) is 77.3 Å². The standard InChI is InChI=1S/C24H24ClN3O4/c1-3-31-21-15-20(28-24(30)26-18-12-8-11-17(25)13-18)22(32-4-2)14-19(21)27-23(29)16-9-6-5-7-10-16/h5-15H,3-4H2,1-2H3,(H,27,29)(H2,26,28,30). The van der Waals surface area contributed by atoms with Gasteiger partial charge in [-0.05, 0) is 44.2 Å². The van der Waals surface area contributed by atoms with Gasteiger partial charge in [-0.15, -0.1) is 0 Å². The molecule has 166 valence electrons. The first-order chi connectivity index (χ1) is 15.5. The summed E-state index contributed by atoms with van der Waals surface area (Å²) < 4.78 is 11.4. The Kier molecular flexibility index (Phi) is 7.94. The maximum Gasteiger partial charge on any atom is 0.323 e. The molecule has 7 nitrogen and oxygen atoms in total. The van der Waals surface area contributed by atoms with Gasteiger partial charge in [0.15, 0.2) is 0 Å². The lowest BCUT2D eigenvalue weighted by Gasteiger charge is -2.18. The zero-order valence-electron chi connectivity index (χ0n) is 17.8. The van der Waals surface area contributed by atoms with Crippen LogP contribution in [0.15, 0.2) is 66.7 Å². The molecule has 3 N–H and O–H groups in total. The van der Waals surface area contributed by atoms with Crippen molar-refractivity contribution in [2.24, 2.45) is 0 Å². The molecule has 0 spiro atoms. The van der Waals surface area contributed by atoms with Crippen molar-refractivity contribution in [2.75, 3.05) is 29.2 Å². The van der Waals surface area contributed by atoms with Crippen LogP contribution in [0.5, 0.6) is 11.5 Å². The Balaban J connectivity index is 1.86. The molecule has 0 saturated carbocycles. The Morgan fingerprint density at radius 2 is 1.41 bits per heavy atom. The number of carbonyl (C=O) groups excluding carboxylic acids is 2. The summed E-state index contributed by atoms with van der Waals surface area (Å²) in [7, 11) is 0. The molecule has 3 aromatic rings. The lowest BCUT2D eigenvalue weighted by molar-refractivity contribution is 0.102. The first-order valence-electron chi connectivity index (χ1n) is 10.1. The first-order valence-corrected chi connectivity index (χ1v) is 10.5. The number of hydrogen-bond acceptors (Lipinski definition) is 4. The molecule has 0 aliphatic rings. The van der Waals surface area contributed by atoms with E-state index >= 15 is 0 Å². The minimum Gasteiger partial charge on any atom is -0.492 e. The molecule has 0 bridgehead atoms. The zero-order chi connectivity index (χ0) is 22.9. The highest BCUT2D eigenvalue weighted by molar-refractivity contribution is 6.30. The van der Waals surface area contributed by atoms with E-state index in [1.807, 2.05) is 19.9 Å². The molecule has 3 aromatic carbocycles. The van der Waals surface area contributed by atoms with Crippen LogP contribution in [0.2, 0.25) is 5.02 Å². The van der Waals surface area contributed by atoms with Gasteiger partial charge >= 0.3 is 6.03 Å².